The first-order valence-electron chi connectivity index (χ1n) is 11.5. The second-order valence-electron chi connectivity index (χ2n) is 8.57. The number of hydrogen-bond acceptors (Lipinski definition) is 3. The average Bonchev–Trinajstić information content (AvgIpc) is 3.33. The Hall–Kier alpha value is -3.12. The van der Waals surface area contributed by atoms with Gasteiger partial charge in [0.05, 0.1) is 6.54 Å². The average molecular weight is 431 g/mol. The molecule has 1 saturated heterocycles. The zero-order chi connectivity index (χ0) is 22.2. The molecule has 2 atom stereocenters. The van der Waals surface area contributed by atoms with Crippen LogP contribution in [0.1, 0.15) is 36.5 Å². The Labute approximate surface area is 191 Å². The Bertz CT molecular complexity index is 983. The Morgan fingerprint density at radius 2 is 1.81 bits per heavy atom. The molecule has 1 aliphatic heterocycles. The maximum absolute atomic E-state index is 4.48. The van der Waals surface area contributed by atoms with E-state index in [-0.39, 0.29) is 0 Å². The number of hydrogen-bond donors (Lipinski definition) is 2. The van der Waals surface area contributed by atoms with Gasteiger partial charge in [-0.05, 0) is 42.5 Å². The Balaban J connectivity index is 1.29. The number of aromatic nitrogens is 2. The smallest absolute Gasteiger partial charge is 0.191 e. The molecule has 1 aromatic heterocycles. The molecule has 2 unspecified atom stereocenters. The van der Waals surface area contributed by atoms with Crippen molar-refractivity contribution < 1.29 is 0 Å². The van der Waals surface area contributed by atoms with Crippen LogP contribution in [0.25, 0.3) is 0 Å². The van der Waals surface area contributed by atoms with Crippen molar-refractivity contribution in [1.82, 2.24) is 25.3 Å². The van der Waals surface area contributed by atoms with Crippen LogP contribution in [0.15, 0.2) is 78.0 Å². The molecular formula is C26H34N6. The number of rotatable bonds is 7. The molecule has 3 aromatic rings. The van der Waals surface area contributed by atoms with E-state index in [1.54, 1.807) is 0 Å². The van der Waals surface area contributed by atoms with Gasteiger partial charge in [-0.25, -0.2) is 0 Å². The van der Waals surface area contributed by atoms with Crippen LogP contribution in [0.4, 0.5) is 0 Å². The van der Waals surface area contributed by atoms with Crippen LogP contribution in [-0.4, -0.2) is 46.3 Å². The van der Waals surface area contributed by atoms with Crippen LogP contribution in [0.2, 0.25) is 0 Å². The highest BCUT2D eigenvalue weighted by Gasteiger charge is 2.26. The van der Waals surface area contributed by atoms with Crippen molar-refractivity contribution in [2.45, 2.75) is 51.5 Å². The van der Waals surface area contributed by atoms with Gasteiger partial charge in [-0.2, -0.15) is 5.10 Å². The fourth-order valence-electron chi connectivity index (χ4n) is 4.42. The minimum atomic E-state index is 0.433. The third-order valence-electron chi connectivity index (χ3n) is 6.26. The number of nitrogens with one attached hydrogen (secondary N) is 2. The van der Waals surface area contributed by atoms with Gasteiger partial charge >= 0.3 is 0 Å². The van der Waals surface area contributed by atoms with Gasteiger partial charge in [0.25, 0.3) is 0 Å². The van der Waals surface area contributed by atoms with E-state index in [2.05, 4.69) is 87.1 Å². The molecule has 0 bridgehead atoms. The monoisotopic (exact) mass is 430 g/mol. The molecule has 1 aliphatic rings. The zero-order valence-electron chi connectivity index (χ0n) is 19.1. The van der Waals surface area contributed by atoms with Crippen LogP contribution in [0.5, 0.6) is 0 Å². The summed E-state index contributed by atoms with van der Waals surface area (Å²) in [7, 11) is 1.85. The molecule has 0 saturated carbocycles. The van der Waals surface area contributed by atoms with Crippen LogP contribution in [-0.2, 0) is 19.6 Å². The summed E-state index contributed by atoms with van der Waals surface area (Å²) >= 11 is 0. The number of likely N-dealkylation sites (tertiary alicyclic amines) is 1. The molecule has 0 spiro atoms. The molecule has 1 fully saturated rings. The first-order valence-corrected chi connectivity index (χ1v) is 11.5. The summed E-state index contributed by atoms with van der Waals surface area (Å²) in [5.74, 6) is 0.868. The molecule has 0 radical (unpaired) electrons. The molecular weight excluding hydrogens is 396 g/mol. The molecule has 2 aromatic carbocycles. The first-order chi connectivity index (χ1) is 15.7. The lowest BCUT2D eigenvalue weighted by molar-refractivity contribution is 0.134. The van der Waals surface area contributed by atoms with Crippen molar-refractivity contribution >= 4 is 5.96 Å². The van der Waals surface area contributed by atoms with Crippen molar-refractivity contribution in [2.75, 3.05) is 13.6 Å². The van der Waals surface area contributed by atoms with Crippen LogP contribution in [0.3, 0.4) is 0 Å². The lowest BCUT2D eigenvalue weighted by Crippen LogP contribution is -2.51. The quantitative estimate of drug-likeness (QED) is 0.444. The van der Waals surface area contributed by atoms with E-state index in [1.165, 1.54) is 16.7 Å². The van der Waals surface area contributed by atoms with Gasteiger partial charge in [0, 0.05) is 51.2 Å². The topological polar surface area (TPSA) is 57.5 Å². The molecule has 2 N–H and O–H groups in total. The van der Waals surface area contributed by atoms with E-state index in [1.807, 2.05) is 30.2 Å². The van der Waals surface area contributed by atoms with Crippen LogP contribution < -0.4 is 10.6 Å². The number of aliphatic imine (C=N–C) groups is 1. The van der Waals surface area contributed by atoms with E-state index < -0.39 is 0 Å². The standard InChI is InChI=1S/C26H34N6/c1-21-17-25(13-16-31(21)19-22-9-4-3-5-10-22)30-26(27-2)28-18-23-11-6-7-12-24(23)20-32-15-8-14-29-32/h3-12,14-15,21,25H,13,16-20H2,1-2H3,(H2,27,28,30). The van der Waals surface area contributed by atoms with Gasteiger partial charge in [0.2, 0.25) is 0 Å². The second-order valence-corrected chi connectivity index (χ2v) is 8.57. The third-order valence-corrected chi connectivity index (χ3v) is 6.26. The van der Waals surface area contributed by atoms with Gasteiger partial charge in [0.15, 0.2) is 5.96 Å². The molecule has 6 heteroatoms. The molecule has 2 heterocycles. The predicted molar refractivity (Wildman–Crippen MR) is 130 cm³/mol. The summed E-state index contributed by atoms with van der Waals surface area (Å²) in [6.07, 6.45) is 6.05. The van der Waals surface area contributed by atoms with E-state index >= 15 is 0 Å². The van der Waals surface area contributed by atoms with Gasteiger partial charge in [-0.1, -0.05) is 54.6 Å². The van der Waals surface area contributed by atoms with E-state index in [4.69, 9.17) is 0 Å². The zero-order valence-corrected chi connectivity index (χ0v) is 19.1. The maximum Gasteiger partial charge on any atom is 0.191 e. The third kappa shape index (κ3) is 5.98. The number of guanidine groups is 1. The van der Waals surface area contributed by atoms with Gasteiger partial charge in [0.1, 0.15) is 0 Å². The van der Waals surface area contributed by atoms with Crippen molar-refractivity contribution in [3.05, 3.63) is 89.7 Å². The Kier molecular flexibility index (Phi) is 7.56. The van der Waals surface area contributed by atoms with E-state index in [9.17, 15) is 0 Å². The number of nitrogens with zero attached hydrogens (tertiary/aromatic N) is 4. The fraction of sp³-hybridized carbons (Fsp3) is 0.385. The van der Waals surface area contributed by atoms with Crippen molar-refractivity contribution in [1.29, 1.82) is 0 Å². The van der Waals surface area contributed by atoms with Crippen LogP contribution >= 0.6 is 0 Å². The van der Waals surface area contributed by atoms with Crippen molar-refractivity contribution in [2.24, 2.45) is 4.99 Å². The molecule has 6 nitrogen and oxygen atoms in total. The van der Waals surface area contributed by atoms with Crippen molar-refractivity contribution in [3.8, 4) is 0 Å². The predicted octanol–water partition coefficient (Wildman–Crippen LogP) is 3.65. The first kappa shape index (κ1) is 22.1. The van der Waals surface area contributed by atoms with Crippen LogP contribution in [0, 0.1) is 0 Å². The minimum Gasteiger partial charge on any atom is -0.354 e. The summed E-state index contributed by atoms with van der Waals surface area (Å²) in [6.45, 7) is 5.96. The summed E-state index contributed by atoms with van der Waals surface area (Å²) in [6, 6.07) is 22.2. The van der Waals surface area contributed by atoms with Gasteiger partial charge < -0.3 is 10.6 Å². The maximum atomic E-state index is 4.48. The number of piperidine rings is 1. The molecule has 32 heavy (non-hydrogen) atoms. The highest BCUT2D eigenvalue weighted by Crippen LogP contribution is 2.20. The highest BCUT2D eigenvalue weighted by atomic mass is 15.3. The largest absolute Gasteiger partial charge is 0.354 e. The van der Waals surface area contributed by atoms with Crippen molar-refractivity contribution in [3.63, 3.8) is 0 Å². The van der Waals surface area contributed by atoms with E-state index in [0.29, 0.717) is 12.1 Å². The summed E-state index contributed by atoms with van der Waals surface area (Å²) < 4.78 is 1.95. The number of benzene rings is 2. The fourth-order valence-corrected chi connectivity index (χ4v) is 4.42. The lowest BCUT2D eigenvalue weighted by atomic mass is 9.97. The minimum absolute atomic E-state index is 0.433. The van der Waals surface area contributed by atoms with Gasteiger partial charge in [-0.15, -0.1) is 0 Å². The summed E-state index contributed by atoms with van der Waals surface area (Å²) in [5.41, 5.74) is 3.91. The molecule has 0 amide bonds. The second kappa shape index (κ2) is 11.0. The summed E-state index contributed by atoms with van der Waals surface area (Å²) in [5, 5.41) is 11.5. The molecule has 168 valence electrons. The Morgan fingerprint density at radius 3 is 2.53 bits per heavy atom. The molecule has 0 aliphatic carbocycles. The molecule has 4 rings (SSSR count). The van der Waals surface area contributed by atoms with E-state index in [0.717, 1.165) is 45.0 Å². The normalized spacial score (nSPS) is 19.6. The van der Waals surface area contributed by atoms with Gasteiger partial charge in [-0.3, -0.25) is 14.6 Å². The highest BCUT2D eigenvalue weighted by molar-refractivity contribution is 5.80. The Morgan fingerprint density at radius 1 is 1.03 bits per heavy atom. The lowest BCUT2D eigenvalue weighted by Gasteiger charge is -2.38. The SMILES string of the molecule is CN=C(NCc1ccccc1Cn1cccn1)NC1CCN(Cc2ccccc2)C(C)C1. The summed E-state index contributed by atoms with van der Waals surface area (Å²) in [4.78, 5) is 7.06.